The zero-order valence-corrected chi connectivity index (χ0v) is 14.0. The standard InChI is InChI=1S/C18H11N3O4S/c22-17(14-8-9-16(25-14)21(23)24)19-12-5-3-4-11(10-12)18-20-13-6-1-2-7-15(13)26-18/h1-10H,(H,19,22). The highest BCUT2D eigenvalue weighted by molar-refractivity contribution is 7.21. The fourth-order valence-corrected chi connectivity index (χ4v) is 3.43. The molecule has 0 unspecified atom stereocenters. The van der Waals surface area contributed by atoms with E-state index in [9.17, 15) is 14.9 Å². The molecule has 0 aliphatic heterocycles. The third-order valence-corrected chi connectivity index (χ3v) is 4.74. The smallest absolute Gasteiger partial charge is 0.395 e. The highest BCUT2D eigenvalue weighted by Gasteiger charge is 2.17. The average Bonchev–Trinajstić information content (AvgIpc) is 3.29. The van der Waals surface area contributed by atoms with Crippen LogP contribution in [0.5, 0.6) is 0 Å². The van der Waals surface area contributed by atoms with Crippen LogP contribution in [0.4, 0.5) is 11.6 Å². The van der Waals surface area contributed by atoms with Gasteiger partial charge in [-0.3, -0.25) is 14.9 Å². The van der Waals surface area contributed by atoms with Crippen LogP contribution in [0, 0.1) is 10.1 Å². The molecule has 0 radical (unpaired) electrons. The van der Waals surface area contributed by atoms with Crippen molar-refractivity contribution >= 4 is 39.0 Å². The molecule has 4 aromatic rings. The molecule has 0 saturated heterocycles. The molecule has 2 heterocycles. The van der Waals surface area contributed by atoms with Crippen LogP contribution in [-0.4, -0.2) is 15.8 Å². The Morgan fingerprint density at radius 2 is 1.96 bits per heavy atom. The summed E-state index contributed by atoms with van der Waals surface area (Å²) < 4.78 is 6.00. The predicted octanol–water partition coefficient (Wildman–Crippen LogP) is 4.72. The van der Waals surface area contributed by atoms with Crippen molar-refractivity contribution in [2.75, 3.05) is 5.32 Å². The number of hydrogen-bond donors (Lipinski definition) is 1. The molecule has 0 aliphatic rings. The highest BCUT2D eigenvalue weighted by Crippen LogP contribution is 2.31. The Kier molecular flexibility index (Phi) is 3.94. The first-order chi connectivity index (χ1) is 12.6. The molecule has 1 amide bonds. The minimum absolute atomic E-state index is 0.123. The number of nitro groups is 1. The van der Waals surface area contributed by atoms with Crippen molar-refractivity contribution in [1.29, 1.82) is 0 Å². The number of fused-ring (bicyclic) bond motifs is 1. The molecular formula is C18H11N3O4S. The van der Waals surface area contributed by atoms with Crippen molar-refractivity contribution in [3.05, 3.63) is 76.5 Å². The number of anilines is 1. The Labute approximate surface area is 151 Å². The summed E-state index contributed by atoms with van der Waals surface area (Å²) in [6.07, 6.45) is 0. The number of carbonyl (C=O) groups is 1. The lowest BCUT2D eigenvalue weighted by atomic mass is 10.2. The van der Waals surface area contributed by atoms with Gasteiger partial charge in [-0.2, -0.15) is 0 Å². The maximum atomic E-state index is 12.2. The zero-order valence-electron chi connectivity index (χ0n) is 13.2. The number of aromatic nitrogens is 1. The van der Waals surface area contributed by atoms with Crippen LogP contribution in [0.25, 0.3) is 20.8 Å². The Hall–Kier alpha value is -3.52. The number of furan rings is 1. The topological polar surface area (TPSA) is 98.3 Å². The molecule has 2 aromatic heterocycles. The first-order valence-electron chi connectivity index (χ1n) is 7.62. The van der Waals surface area contributed by atoms with Crippen LogP contribution in [0.3, 0.4) is 0 Å². The number of amides is 1. The van der Waals surface area contributed by atoms with Crippen LogP contribution in [0.1, 0.15) is 10.6 Å². The summed E-state index contributed by atoms with van der Waals surface area (Å²) in [6.45, 7) is 0. The number of nitrogens with one attached hydrogen (secondary N) is 1. The molecular weight excluding hydrogens is 354 g/mol. The summed E-state index contributed by atoms with van der Waals surface area (Å²) >= 11 is 1.56. The Balaban J connectivity index is 1.59. The van der Waals surface area contributed by atoms with E-state index in [-0.39, 0.29) is 5.76 Å². The summed E-state index contributed by atoms with van der Waals surface area (Å²) in [5.74, 6) is -1.15. The van der Waals surface area contributed by atoms with Crippen LogP contribution >= 0.6 is 11.3 Å². The third kappa shape index (κ3) is 3.05. The van der Waals surface area contributed by atoms with Crippen molar-refractivity contribution in [3.8, 4) is 10.6 Å². The van der Waals surface area contributed by atoms with Crippen LogP contribution in [0.2, 0.25) is 0 Å². The zero-order chi connectivity index (χ0) is 18.1. The van der Waals surface area contributed by atoms with E-state index in [1.807, 2.05) is 36.4 Å². The average molecular weight is 365 g/mol. The Morgan fingerprint density at radius 1 is 1.12 bits per heavy atom. The lowest BCUT2D eigenvalue weighted by Gasteiger charge is -2.04. The van der Waals surface area contributed by atoms with Gasteiger partial charge in [-0.05, 0) is 30.3 Å². The quantitative estimate of drug-likeness (QED) is 0.417. The lowest BCUT2D eigenvalue weighted by molar-refractivity contribution is -0.402. The van der Waals surface area contributed by atoms with Gasteiger partial charge < -0.3 is 9.73 Å². The molecule has 8 heteroatoms. The summed E-state index contributed by atoms with van der Waals surface area (Å²) in [5, 5.41) is 14.2. The van der Waals surface area contributed by atoms with Crippen molar-refractivity contribution in [3.63, 3.8) is 0 Å². The van der Waals surface area contributed by atoms with Crippen molar-refractivity contribution in [1.82, 2.24) is 4.98 Å². The Morgan fingerprint density at radius 3 is 2.73 bits per heavy atom. The summed E-state index contributed by atoms with van der Waals surface area (Å²) in [5.41, 5.74) is 2.34. The number of carbonyl (C=O) groups excluding carboxylic acids is 1. The predicted molar refractivity (Wildman–Crippen MR) is 98.4 cm³/mol. The SMILES string of the molecule is O=C(Nc1cccc(-c2nc3ccccc3s2)c1)c1ccc([N+](=O)[O-])o1. The lowest BCUT2D eigenvalue weighted by Crippen LogP contribution is -2.10. The van der Waals surface area contributed by atoms with Crippen LogP contribution < -0.4 is 5.32 Å². The van der Waals surface area contributed by atoms with Crippen molar-refractivity contribution in [2.45, 2.75) is 0 Å². The molecule has 0 aliphatic carbocycles. The van der Waals surface area contributed by atoms with Crippen molar-refractivity contribution in [2.24, 2.45) is 0 Å². The molecule has 0 fully saturated rings. The molecule has 26 heavy (non-hydrogen) atoms. The second-order valence-electron chi connectivity index (χ2n) is 5.42. The molecule has 1 N–H and O–H groups in total. The maximum absolute atomic E-state index is 12.2. The van der Waals surface area contributed by atoms with Gasteiger partial charge in [0.05, 0.1) is 16.3 Å². The van der Waals surface area contributed by atoms with Crippen LogP contribution in [-0.2, 0) is 0 Å². The number of rotatable bonds is 4. The fourth-order valence-electron chi connectivity index (χ4n) is 2.47. The van der Waals surface area contributed by atoms with Gasteiger partial charge in [-0.25, -0.2) is 4.98 Å². The monoisotopic (exact) mass is 365 g/mol. The van der Waals surface area contributed by atoms with E-state index in [4.69, 9.17) is 4.42 Å². The van der Waals surface area contributed by atoms with E-state index in [1.54, 1.807) is 23.5 Å². The molecule has 7 nitrogen and oxygen atoms in total. The number of benzene rings is 2. The van der Waals surface area contributed by atoms with Crippen molar-refractivity contribution < 1.29 is 14.1 Å². The van der Waals surface area contributed by atoms with Gasteiger partial charge >= 0.3 is 5.88 Å². The maximum Gasteiger partial charge on any atom is 0.433 e. The minimum Gasteiger partial charge on any atom is -0.395 e. The number of thiazole rings is 1. The largest absolute Gasteiger partial charge is 0.433 e. The molecule has 2 aromatic carbocycles. The van der Waals surface area contributed by atoms with E-state index >= 15 is 0 Å². The van der Waals surface area contributed by atoms with Gasteiger partial charge in [-0.15, -0.1) is 11.3 Å². The second-order valence-corrected chi connectivity index (χ2v) is 6.45. The first-order valence-corrected chi connectivity index (χ1v) is 8.43. The summed E-state index contributed by atoms with van der Waals surface area (Å²) in [6, 6.07) is 17.5. The normalized spacial score (nSPS) is 10.8. The molecule has 128 valence electrons. The van der Waals surface area contributed by atoms with Gasteiger partial charge in [0, 0.05) is 11.3 Å². The van der Waals surface area contributed by atoms with Gasteiger partial charge in [-0.1, -0.05) is 24.3 Å². The number of hydrogen-bond acceptors (Lipinski definition) is 6. The Bertz CT molecular complexity index is 1100. The molecule has 0 spiro atoms. The van der Waals surface area contributed by atoms with Gasteiger partial charge in [0.15, 0.2) is 5.76 Å². The minimum atomic E-state index is -0.690. The van der Waals surface area contributed by atoms with Gasteiger partial charge in [0.25, 0.3) is 5.91 Å². The van der Waals surface area contributed by atoms with E-state index in [1.165, 1.54) is 6.07 Å². The highest BCUT2D eigenvalue weighted by atomic mass is 32.1. The van der Waals surface area contributed by atoms with Crippen LogP contribution in [0.15, 0.2) is 65.1 Å². The van der Waals surface area contributed by atoms with E-state index in [0.717, 1.165) is 26.9 Å². The van der Waals surface area contributed by atoms with E-state index < -0.39 is 16.7 Å². The second kappa shape index (κ2) is 6.41. The molecule has 0 saturated carbocycles. The van der Waals surface area contributed by atoms with Gasteiger partial charge in [0.2, 0.25) is 0 Å². The number of nitrogens with zero attached hydrogens (tertiary/aromatic N) is 2. The van der Waals surface area contributed by atoms with Gasteiger partial charge in [0.1, 0.15) is 9.93 Å². The first kappa shape index (κ1) is 16.0. The summed E-state index contributed by atoms with van der Waals surface area (Å²) in [7, 11) is 0. The third-order valence-electron chi connectivity index (χ3n) is 3.66. The van der Waals surface area contributed by atoms with E-state index in [2.05, 4.69) is 10.3 Å². The number of para-hydroxylation sites is 1. The van der Waals surface area contributed by atoms with E-state index in [0.29, 0.717) is 5.69 Å². The molecule has 0 atom stereocenters. The fraction of sp³-hybridized carbons (Fsp3) is 0. The molecule has 4 rings (SSSR count). The molecule has 0 bridgehead atoms. The summed E-state index contributed by atoms with van der Waals surface area (Å²) in [4.78, 5) is 26.7.